The topological polar surface area (TPSA) is 0 Å². The summed E-state index contributed by atoms with van der Waals surface area (Å²) in [6.07, 6.45) is 11.6. The van der Waals surface area contributed by atoms with Gasteiger partial charge < -0.3 is 0 Å². The molecular formula is C15H29BrS. The van der Waals surface area contributed by atoms with Crippen LogP contribution in [0.3, 0.4) is 0 Å². The monoisotopic (exact) mass is 320 g/mol. The normalized spacial score (nSPS) is 29.5. The van der Waals surface area contributed by atoms with Crippen LogP contribution in [0.5, 0.6) is 0 Å². The predicted molar refractivity (Wildman–Crippen MR) is 85.3 cm³/mol. The molecule has 1 aliphatic rings. The van der Waals surface area contributed by atoms with Crippen LogP contribution in [-0.2, 0) is 0 Å². The Balaban J connectivity index is 2.29. The van der Waals surface area contributed by atoms with Crippen LogP contribution in [0.25, 0.3) is 0 Å². The quantitative estimate of drug-likeness (QED) is 0.397. The summed E-state index contributed by atoms with van der Waals surface area (Å²) in [4.78, 5) is 0. The van der Waals surface area contributed by atoms with Crippen molar-refractivity contribution in [2.75, 3.05) is 16.8 Å². The number of rotatable bonds is 8. The average Bonchev–Trinajstić information content (AvgIpc) is 2.38. The highest BCUT2D eigenvalue weighted by molar-refractivity contribution is 9.09. The smallest absolute Gasteiger partial charge is 0.00882 e. The van der Waals surface area contributed by atoms with Crippen LogP contribution in [0.4, 0.5) is 0 Å². The van der Waals surface area contributed by atoms with Crippen LogP contribution >= 0.6 is 27.7 Å². The predicted octanol–water partition coefficient (Wildman–Crippen LogP) is 5.89. The van der Waals surface area contributed by atoms with Crippen molar-refractivity contribution in [1.82, 2.24) is 0 Å². The lowest BCUT2D eigenvalue weighted by atomic mass is 9.69. The van der Waals surface area contributed by atoms with Crippen LogP contribution in [0.1, 0.15) is 65.2 Å². The van der Waals surface area contributed by atoms with Crippen molar-refractivity contribution in [2.24, 2.45) is 11.3 Å². The number of hydrogen-bond donors (Lipinski definition) is 0. The van der Waals surface area contributed by atoms with Gasteiger partial charge in [0, 0.05) is 5.33 Å². The van der Waals surface area contributed by atoms with Crippen molar-refractivity contribution in [3.05, 3.63) is 0 Å². The van der Waals surface area contributed by atoms with E-state index in [4.69, 9.17) is 0 Å². The number of thioether (sulfide) groups is 1. The Morgan fingerprint density at radius 1 is 1.24 bits per heavy atom. The Hall–Kier alpha value is 0.830. The molecule has 0 saturated heterocycles. The summed E-state index contributed by atoms with van der Waals surface area (Å²) >= 11 is 5.89. The first-order valence-corrected chi connectivity index (χ1v) is 9.67. The van der Waals surface area contributed by atoms with Gasteiger partial charge in [-0.3, -0.25) is 0 Å². The van der Waals surface area contributed by atoms with Crippen molar-refractivity contribution in [3.8, 4) is 0 Å². The van der Waals surface area contributed by atoms with E-state index >= 15 is 0 Å². The van der Waals surface area contributed by atoms with Crippen LogP contribution in [-0.4, -0.2) is 16.8 Å². The van der Waals surface area contributed by atoms with Gasteiger partial charge in [0.1, 0.15) is 0 Å². The van der Waals surface area contributed by atoms with Gasteiger partial charge >= 0.3 is 0 Å². The molecule has 2 heteroatoms. The molecule has 0 unspecified atom stereocenters. The van der Waals surface area contributed by atoms with E-state index in [2.05, 4.69) is 41.5 Å². The first kappa shape index (κ1) is 15.9. The Morgan fingerprint density at radius 3 is 2.47 bits per heavy atom. The molecule has 0 atom stereocenters. The molecule has 1 aliphatic carbocycles. The SMILES string of the molecule is CCCCC1CCC(CBr)(CCSCC)CC1. The highest BCUT2D eigenvalue weighted by atomic mass is 79.9. The molecule has 0 nitrogen and oxygen atoms in total. The summed E-state index contributed by atoms with van der Waals surface area (Å²) in [5.74, 6) is 3.68. The Morgan fingerprint density at radius 2 is 1.94 bits per heavy atom. The summed E-state index contributed by atoms with van der Waals surface area (Å²) < 4.78 is 0. The molecule has 0 amide bonds. The summed E-state index contributed by atoms with van der Waals surface area (Å²) in [5, 5.41) is 1.23. The molecule has 0 radical (unpaired) electrons. The molecule has 1 saturated carbocycles. The second-order valence-electron chi connectivity index (χ2n) is 5.67. The Labute approximate surface area is 121 Å². The maximum atomic E-state index is 3.78. The fraction of sp³-hybridized carbons (Fsp3) is 1.00. The molecule has 17 heavy (non-hydrogen) atoms. The largest absolute Gasteiger partial charge is 0.162 e. The van der Waals surface area contributed by atoms with Gasteiger partial charge in [-0.25, -0.2) is 0 Å². The highest BCUT2D eigenvalue weighted by Gasteiger charge is 2.33. The van der Waals surface area contributed by atoms with Crippen LogP contribution in [0.2, 0.25) is 0 Å². The molecule has 1 fully saturated rings. The lowest BCUT2D eigenvalue weighted by molar-refractivity contribution is 0.165. The zero-order chi connectivity index (χ0) is 12.6. The molecule has 0 aliphatic heterocycles. The van der Waals surface area contributed by atoms with Crippen LogP contribution < -0.4 is 0 Å². The molecule has 0 N–H and O–H groups in total. The Kier molecular flexibility index (Phi) is 8.27. The molecule has 0 bridgehead atoms. The van der Waals surface area contributed by atoms with Crippen molar-refractivity contribution in [2.45, 2.75) is 65.2 Å². The lowest BCUT2D eigenvalue weighted by Gasteiger charge is -2.39. The van der Waals surface area contributed by atoms with Crippen molar-refractivity contribution >= 4 is 27.7 Å². The second-order valence-corrected chi connectivity index (χ2v) is 7.62. The zero-order valence-electron chi connectivity index (χ0n) is 11.6. The summed E-state index contributed by atoms with van der Waals surface area (Å²) in [6.45, 7) is 4.58. The lowest BCUT2D eigenvalue weighted by Crippen LogP contribution is -2.30. The van der Waals surface area contributed by atoms with E-state index in [1.165, 1.54) is 68.2 Å². The van der Waals surface area contributed by atoms with E-state index in [1.807, 2.05) is 0 Å². The third kappa shape index (κ3) is 5.55. The summed E-state index contributed by atoms with van der Waals surface area (Å²) in [7, 11) is 0. The number of halogens is 1. The van der Waals surface area contributed by atoms with Gasteiger partial charge in [0.2, 0.25) is 0 Å². The van der Waals surface area contributed by atoms with Gasteiger partial charge in [0.25, 0.3) is 0 Å². The van der Waals surface area contributed by atoms with E-state index in [0.717, 1.165) is 5.92 Å². The number of hydrogen-bond acceptors (Lipinski definition) is 1. The highest BCUT2D eigenvalue weighted by Crippen LogP contribution is 2.44. The molecule has 0 aromatic heterocycles. The minimum atomic E-state index is 0.644. The van der Waals surface area contributed by atoms with E-state index in [9.17, 15) is 0 Å². The third-order valence-corrected chi connectivity index (χ3v) is 6.49. The van der Waals surface area contributed by atoms with Gasteiger partial charge in [0.05, 0.1) is 0 Å². The first-order chi connectivity index (χ1) is 8.26. The molecule has 0 spiro atoms. The molecular weight excluding hydrogens is 292 g/mol. The minimum absolute atomic E-state index is 0.644. The van der Waals surface area contributed by atoms with Gasteiger partial charge in [0.15, 0.2) is 0 Å². The molecule has 0 aromatic rings. The van der Waals surface area contributed by atoms with Gasteiger partial charge in [-0.05, 0) is 54.9 Å². The van der Waals surface area contributed by atoms with E-state index in [-0.39, 0.29) is 0 Å². The van der Waals surface area contributed by atoms with Crippen molar-refractivity contribution in [1.29, 1.82) is 0 Å². The molecule has 102 valence electrons. The van der Waals surface area contributed by atoms with Crippen LogP contribution in [0.15, 0.2) is 0 Å². The average molecular weight is 321 g/mol. The fourth-order valence-corrected chi connectivity index (χ4v) is 4.66. The number of alkyl halides is 1. The van der Waals surface area contributed by atoms with Crippen molar-refractivity contribution < 1.29 is 0 Å². The maximum absolute atomic E-state index is 3.78. The van der Waals surface area contributed by atoms with Gasteiger partial charge in [-0.1, -0.05) is 49.0 Å². The van der Waals surface area contributed by atoms with Crippen LogP contribution in [0, 0.1) is 11.3 Å². The molecule has 0 aromatic carbocycles. The number of unbranched alkanes of at least 4 members (excludes halogenated alkanes) is 1. The van der Waals surface area contributed by atoms with E-state index in [1.54, 1.807) is 0 Å². The Bertz CT molecular complexity index is 185. The van der Waals surface area contributed by atoms with E-state index < -0.39 is 0 Å². The first-order valence-electron chi connectivity index (χ1n) is 7.40. The zero-order valence-corrected chi connectivity index (χ0v) is 14.0. The second kappa shape index (κ2) is 8.85. The van der Waals surface area contributed by atoms with Gasteiger partial charge in [-0.2, -0.15) is 11.8 Å². The van der Waals surface area contributed by atoms with Crippen molar-refractivity contribution in [3.63, 3.8) is 0 Å². The summed E-state index contributed by atoms with van der Waals surface area (Å²) in [6, 6.07) is 0. The van der Waals surface area contributed by atoms with E-state index in [0.29, 0.717) is 5.41 Å². The minimum Gasteiger partial charge on any atom is -0.162 e. The van der Waals surface area contributed by atoms with Gasteiger partial charge in [-0.15, -0.1) is 0 Å². The maximum Gasteiger partial charge on any atom is 0.00882 e. The third-order valence-electron chi connectivity index (χ3n) is 4.40. The summed E-state index contributed by atoms with van der Waals surface area (Å²) in [5.41, 5.74) is 0.644. The molecule has 0 heterocycles. The standard InChI is InChI=1S/C15H29BrS/c1-3-5-6-14-7-9-15(13-16,10-8-14)11-12-17-4-2/h14H,3-13H2,1-2H3. The fourth-order valence-electron chi connectivity index (χ4n) is 2.95. The molecule has 1 rings (SSSR count).